The molecule has 2 aliphatic rings. The Hall–Kier alpha value is -4.78. The summed E-state index contributed by atoms with van der Waals surface area (Å²) in [7, 11) is 0. The van der Waals surface area contributed by atoms with Gasteiger partial charge in [0.05, 0.1) is 0 Å². The normalized spacial score (nSPS) is 21.1. The minimum absolute atomic E-state index is 0.146. The van der Waals surface area contributed by atoms with Crippen LogP contribution in [0.15, 0.2) is 60.7 Å². The average Bonchev–Trinajstić information content (AvgIpc) is 3.47. The first-order valence-electron chi connectivity index (χ1n) is 11.6. The third-order valence-electron chi connectivity index (χ3n) is 7.82. The maximum absolute atomic E-state index is 13.6. The van der Waals surface area contributed by atoms with Crippen LogP contribution in [-0.2, 0) is 47.6 Å². The molecule has 0 N–H and O–H groups in total. The minimum Gasteiger partial charge on any atom is -0.391 e. The molecule has 0 radical (unpaired) electrons. The van der Waals surface area contributed by atoms with Crippen molar-refractivity contribution in [2.45, 2.75) is 23.7 Å². The molecular weight excluding hydrogens is 472 g/mol. The molecule has 0 aliphatic heterocycles. The topological polar surface area (TPSA) is 112 Å². The van der Waals surface area contributed by atoms with Gasteiger partial charge in [-0.15, -0.1) is 0 Å². The second-order valence-electron chi connectivity index (χ2n) is 9.52. The van der Waals surface area contributed by atoms with Crippen LogP contribution in [0.2, 0.25) is 0 Å². The highest BCUT2D eigenvalue weighted by molar-refractivity contribution is 6.16. The predicted molar refractivity (Wildman–Crippen MR) is 133 cm³/mol. The van der Waals surface area contributed by atoms with E-state index in [0.717, 1.165) is 10.8 Å². The molecule has 4 aromatic carbocycles. The van der Waals surface area contributed by atoms with Gasteiger partial charge in [0, 0.05) is 24.0 Å². The number of carbonyl (C=O) groups is 6. The molecule has 37 heavy (non-hydrogen) atoms. The van der Waals surface area contributed by atoms with Crippen molar-refractivity contribution in [3.05, 3.63) is 94.0 Å². The molecule has 0 fully saturated rings. The van der Waals surface area contributed by atoms with E-state index in [9.17, 15) is 28.8 Å². The summed E-state index contributed by atoms with van der Waals surface area (Å²) in [4.78, 5) is 75.7. The minimum atomic E-state index is -1.86. The highest BCUT2D eigenvalue weighted by Crippen LogP contribution is 2.46. The third kappa shape index (κ3) is 2.82. The Labute approximate surface area is 210 Å². The van der Waals surface area contributed by atoms with E-state index < -0.39 is 22.8 Å². The summed E-state index contributed by atoms with van der Waals surface area (Å²) in [6.45, 7) is 0. The molecule has 2 atom stereocenters. The number of aldehydes is 4. The maximum Gasteiger partial charge on any atom is 0.331 e. The summed E-state index contributed by atoms with van der Waals surface area (Å²) in [5.74, 6) is -2.24. The average molecular weight is 490 g/mol. The van der Waals surface area contributed by atoms with Crippen molar-refractivity contribution in [2.24, 2.45) is 0 Å². The van der Waals surface area contributed by atoms with E-state index in [1.165, 1.54) is 0 Å². The van der Waals surface area contributed by atoms with E-state index in [0.29, 0.717) is 69.3 Å². The van der Waals surface area contributed by atoms with Crippen LogP contribution < -0.4 is 0 Å². The van der Waals surface area contributed by atoms with Gasteiger partial charge in [0.1, 0.15) is 25.1 Å². The molecule has 4 aromatic rings. The first kappa shape index (κ1) is 22.7. The van der Waals surface area contributed by atoms with Gasteiger partial charge in [0.15, 0.2) is 10.8 Å². The standard InChI is InChI=1S/C30H18O7/c31-13-19-9-7-17-3-1-5-23-25(17)21(19)11-29(23,15-33)27(35)37-28(36)30(16-34)12-22-20(14-32)10-8-18-4-2-6-24(30)26(18)22/h1-10,13-16H,11-12H2. The lowest BCUT2D eigenvalue weighted by molar-refractivity contribution is -0.167. The van der Waals surface area contributed by atoms with Crippen LogP contribution in [0, 0.1) is 0 Å². The number of carbonyl (C=O) groups excluding carboxylic acids is 6. The van der Waals surface area contributed by atoms with Crippen molar-refractivity contribution < 1.29 is 33.5 Å². The van der Waals surface area contributed by atoms with Crippen LogP contribution in [-0.4, -0.2) is 37.1 Å². The zero-order valence-corrected chi connectivity index (χ0v) is 19.4. The fraction of sp³-hybridized carbons (Fsp3) is 0.133. The summed E-state index contributed by atoms with van der Waals surface area (Å²) in [5.41, 5.74) is -1.29. The fourth-order valence-electron chi connectivity index (χ4n) is 5.97. The first-order chi connectivity index (χ1) is 17.9. The van der Waals surface area contributed by atoms with Crippen molar-refractivity contribution in [2.75, 3.05) is 0 Å². The van der Waals surface area contributed by atoms with Gasteiger partial charge in [-0.1, -0.05) is 60.7 Å². The van der Waals surface area contributed by atoms with Crippen molar-refractivity contribution >= 4 is 58.6 Å². The van der Waals surface area contributed by atoms with Gasteiger partial charge in [-0.05, 0) is 43.8 Å². The van der Waals surface area contributed by atoms with Crippen LogP contribution in [0.4, 0.5) is 0 Å². The van der Waals surface area contributed by atoms with E-state index in [2.05, 4.69) is 0 Å². The monoisotopic (exact) mass is 490 g/mol. The molecule has 0 saturated heterocycles. The van der Waals surface area contributed by atoms with Crippen LogP contribution in [0.25, 0.3) is 21.5 Å². The van der Waals surface area contributed by atoms with E-state index in [-0.39, 0.29) is 12.8 Å². The number of rotatable bonds is 6. The van der Waals surface area contributed by atoms with E-state index in [4.69, 9.17) is 4.74 Å². The largest absolute Gasteiger partial charge is 0.391 e. The fourth-order valence-corrected chi connectivity index (χ4v) is 5.97. The van der Waals surface area contributed by atoms with Crippen LogP contribution in [0.1, 0.15) is 43.0 Å². The highest BCUT2D eigenvalue weighted by atomic mass is 16.6. The molecule has 2 aliphatic carbocycles. The lowest BCUT2D eigenvalue weighted by atomic mass is 9.80. The van der Waals surface area contributed by atoms with Crippen molar-refractivity contribution in [1.29, 1.82) is 0 Å². The smallest absolute Gasteiger partial charge is 0.331 e. The van der Waals surface area contributed by atoms with E-state index in [1.54, 1.807) is 60.7 Å². The Bertz CT molecular complexity index is 1610. The number of esters is 2. The molecule has 0 saturated carbocycles. The van der Waals surface area contributed by atoms with Gasteiger partial charge in [0.25, 0.3) is 0 Å². The molecule has 0 amide bonds. The maximum atomic E-state index is 13.6. The second kappa shape index (κ2) is 7.86. The Morgan fingerprint density at radius 1 is 0.622 bits per heavy atom. The van der Waals surface area contributed by atoms with E-state index >= 15 is 0 Å². The lowest BCUT2D eigenvalue weighted by Crippen LogP contribution is -2.46. The zero-order valence-electron chi connectivity index (χ0n) is 19.4. The number of hydrogen-bond acceptors (Lipinski definition) is 7. The molecule has 0 spiro atoms. The SMILES string of the molecule is O=Cc1ccc2cccc3c2c1CC3(C=O)C(=O)OC(=O)C1(C=O)Cc2c(C=O)ccc3cccc1c23. The zero-order chi connectivity index (χ0) is 25.9. The van der Waals surface area contributed by atoms with Gasteiger partial charge in [-0.25, -0.2) is 0 Å². The Morgan fingerprint density at radius 3 is 1.43 bits per heavy atom. The summed E-state index contributed by atoms with van der Waals surface area (Å²) in [6.07, 6.45) is 1.90. The molecule has 7 heteroatoms. The molecule has 180 valence electrons. The molecular formula is C30H18O7. The summed E-state index contributed by atoms with van der Waals surface area (Å²) >= 11 is 0. The van der Waals surface area contributed by atoms with Crippen molar-refractivity contribution in [1.82, 2.24) is 0 Å². The Morgan fingerprint density at radius 2 is 1.05 bits per heavy atom. The quantitative estimate of drug-likeness (QED) is 0.231. The Kier molecular flexibility index (Phi) is 4.82. The third-order valence-corrected chi connectivity index (χ3v) is 7.82. The van der Waals surface area contributed by atoms with Gasteiger partial charge >= 0.3 is 11.9 Å². The summed E-state index contributed by atoms with van der Waals surface area (Å²) < 4.78 is 5.36. The van der Waals surface area contributed by atoms with Crippen molar-refractivity contribution in [3.63, 3.8) is 0 Å². The van der Waals surface area contributed by atoms with Crippen LogP contribution in [0.3, 0.4) is 0 Å². The van der Waals surface area contributed by atoms with E-state index in [1.807, 2.05) is 0 Å². The van der Waals surface area contributed by atoms with Gasteiger partial charge < -0.3 is 14.3 Å². The summed E-state index contributed by atoms with van der Waals surface area (Å²) in [6, 6.07) is 16.9. The first-order valence-corrected chi connectivity index (χ1v) is 11.6. The molecule has 0 aromatic heterocycles. The molecule has 0 heterocycles. The Balaban J connectivity index is 1.43. The van der Waals surface area contributed by atoms with Gasteiger partial charge in [0.2, 0.25) is 0 Å². The molecule has 6 rings (SSSR count). The predicted octanol–water partition coefficient (Wildman–Crippen LogP) is 3.37. The number of benzene rings is 4. The molecule has 7 nitrogen and oxygen atoms in total. The van der Waals surface area contributed by atoms with Crippen LogP contribution >= 0.6 is 0 Å². The van der Waals surface area contributed by atoms with Crippen molar-refractivity contribution in [3.8, 4) is 0 Å². The molecule has 2 unspecified atom stereocenters. The van der Waals surface area contributed by atoms with Gasteiger partial charge in [-0.3, -0.25) is 19.2 Å². The highest BCUT2D eigenvalue weighted by Gasteiger charge is 2.53. The lowest BCUT2D eigenvalue weighted by Gasteiger charge is -2.26. The van der Waals surface area contributed by atoms with Crippen LogP contribution in [0.5, 0.6) is 0 Å². The summed E-state index contributed by atoms with van der Waals surface area (Å²) in [5, 5.41) is 2.68. The number of hydrogen-bond donors (Lipinski definition) is 0. The molecule has 0 bridgehead atoms. The van der Waals surface area contributed by atoms with Gasteiger partial charge in [-0.2, -0.15) is 0 Å². The number of ether oxygens (including phenoxy) is 1. The second-order valence-corrected chi connectivity index (χ2v) is 9.52.